The van der Waals surface area contributed by atoms with Gasteiger partial charge in [-0.25, -0.2) is 0 Å². The van der Waals surface area contributed by atoms with Gasteiger partial charge in [-0.3, -0.25) is 4.79 Å². The summed E-state index contributed by atoms with van der Waals surface area (Å²) in [6, 6.07) is 0. The number of carbonyl (C=O) groups excluding carboxylic acids is 1. The van der Waals surface area contributed by atoms with Crippen molar-refractivity contribution in [1.29, 1.82) is 0 Å². The summed E-state index contributed by atoms with van der Waals surface area (Å²) in [4.78, 5) is 10.9. The predicted molar refractivity (Wildman–Crippen MR) is 42.9 cm³/mol. The van der Waals surface area contributed by atoms with E-state index in [1.54, 1.807) is 6.92 Å². The van der Waals surface area contributed by atoms with Crippen LogP contribution in [-0.4, -0.2) is 43.3 Å². The number of hydrogen-bond donors (Lipinski definition) is 1. The van der Waals surface area contributed by atoms with Gasteiger partial charge < -0.3 is 19.3 Å². The zero-order valence-electron chi connectivity index (χ0n) is 7.78. The van der Waals surface area contributed by atoms with Crippen LogP contribution in [0.15, 0.2) is 0 Å². The summed E-state index contributed by atoms with van der Waals surface area (Å²) in [5.41, 5.74) is 0. The summed E-state index contributed by atoms with van der Waals surface area (Å²) >= 11 is 0. The van der Waals surface area contributed by atoms with Crippen LogP contribution in [0.2, 0.25) is 0 Å². The Hall–Kier alpha value is -0.650. The van der Waals surface area contributed by atoms with Gasteiger partial charge in [-0.2, -0.15) is 0 Å². The summed E-state index contributed by atoms with van der Waals surface area (Å²) < 4.78 is 15.0. The van der Waals surface area contributed by atoms with Gasteiger partial charge in [0.2, 0.25) is 0 Å². The van der Waals surface area contributed by atoms with E-state index in [9.17, 15) is 4.79 Å². The van der Waals surface area contributed by atoms with Crippen molar-refractivity contribution in [2.45, 2.75) is 25.2 Å². The number of hydrogen-bond acceptors (Lipinski definition) is 5. The van der Waals surface area contributed by atoms with E-state index in [1.807, 2.05) is 0 Å². The van der Waals surface area contributed by atoms with Gasteiger partial charge in [0, 0.05) is 0 Å². The third-order valence-corrected chi connectivity index (χ3v) is 1.89. The van der Waals surface area contributed by atoms with Crippen molar-refractivity contribution in [1.82, 2.24) is 0 Å². The third kappa shape index (κ3) is 2.65. The highest BCUT2D eigenvalue weighted by atomic mass is 16.7. The van der Waals surface area contributed by atoms with Crippen LogP contribution >= 0.6 is 0 Å². The molecule has 2 unspecified atom stereocenters. The topological polar surface area (TPSA) is 65.0 Å². The van der Waals surface area contributed by atoms with E-state index in [1.165, 1.54) is 7.11 Å². The highest BCUT2D eigenvalue weighted by molar-refractivity contribution is 5.70. The molecule has 0 bridgehead atoms. The molecule has 0 radical (unpaired) electrons. The highest BCUT2D eigenvalue weighted by Crippen LogP contribution is 2.26. The van der Waals surface area contributed by atoms with Crippen molar-refractivity contribution in [3.63, 3.8) is 0 Å². The first-order chi connectivity index (χ1) is 6.09. The first-order valence-electron chi connectivity index (χ1n) is 4.09. The van der Waals surface area contributed by atoms with Gasteiger partial charge in [0.05, 0.1) is 26.7 Å². The number of esters is 1. The van der Waals surface area contributed by atoms with Crippen LogP contribution in [0.1, 0.15) is 13.3 Å². The Morgan fingerprint density at radius 3 is 2.92 bits per heavy atom. The summed E-state index contributed by atoms with van der Waals surface area (Å²) in [6.45, 7) is 1.86. The minimum atomic E-state index is -0.944. The summed E-state index contributed by atoms with van der Waals surface area (Å²) in [7, 11) is 1.31. The second kappa shape index (κ2) is 4.04. The molecule has 5 heteroatoms. The fourth-order valence-corrected chi connectivity index (χ4v) is 1.21. The van der Waals surface area contributed by atoms with E-state index in [0.29, 0.717) is 6.61 Å². The van der Waals surface area contributed by atoms with Gasteiger partial charge in [0.1, 0.15) is 6.10 Å². The summed E-state index contributed by atoms with van der Waals surface area (Å²) in [5.74, 6) is -1.33. The Morgan fingerprint density at radius 1 is 1.77 bits per heavy atom. The fraction of sp³-hybridized carbons (Fsp3) is 0.875. The highest BCUT2D eigenvalue weighted by Gasteiger charge is 2.39. The molecule has 13 heavy (non-hydrogen) atoms. The molecular weight excluding hydrogens is 176 g/mol. The molecular formula is C8H14O5. The lowest BCUT2D eigenvalue weighted by molar-refractivity contribution is -0.180. The standard InChI is InChI=1S/C8H14O5/c1-8(3-7(10)11-2)12-5-6(4-9)13-8/h6,9H,3-5H2,1-2H3. The summed E-state index contributed by atoms with van der Waals surface area (Å²) in [5, 5.41) is 8.77. The number of aliphatic hydroxyl groups is 1. The van der Waals surface area contributed by atoms with Crippen molar-refractivity contribution in [3.05, 3.63) is 0 Å². The normalized spacial score (nSPS) is 33.3. The Balaban J connectivity index is 2.44. The van der Waals surface area contributed by atoms with Crippen LogP contribution < -0.4 is 0 Å². The van der Waals surface area contributed by atoms with E-state index in [4.69, 9.17) is 14.6 Å². The second-order valence-electron chi connectivity index (χ2n) is 3.12. The molecule has 5 nitrogen and oxygen atoms in total. The maximum Gasteiger partial charge on any atom is 0.310 e. The zero-order chi connectivity index (χ0) is 9.90. The van der Waals surface area contributed by atoms with Gasteiger partial charge in [-0.05, 0) is 6.92 Å². The van der Waals surface area contributed by atoms with Crippen molar-refractivity contribution in [2.75, 3.05) is 20.3 Å². The van der Waals surface area contributed by atoms with Gasteiger partial charge in [0.15, 0.2) is 5.79 Å². The maximum absolute atomic E-state index is 10.9. The van der Waals surface area contributed by atoms with Crippen molar-refractivity contribution >= 4 is 5.97 Å². The van der Waals surface area contributed by atoms with Crippen LogP contribution in [-0.2, 0) is 19.0 Å². The molecule has 1 heterocycles. The number of rotatable bonds is 3. The lowest BCUT2D eigenvalue weighted by Gasteiger charge is -2.21. The van der Waals surface area contributed by atoms with Crippen LogP contribution in [0.4, 0.5) is 0 Å². The molecule has 1 N–H and O–H groups in total. The number of methoxy groups -OCH3 is 1. The molecule has 0 spiro atoms. The van der Waals surface area contributed by atoms with Gasteiger partial charge in [-0.15, -0.1) is 0 Å². The molecule has 0 saturated carbocycles. The average molecular weight is 190 g/mol. The molecule has 0 aromatic carbocycles. The van der Waals surface area contributed by atoms with E-state index in [2.05, 4.69) is 4.74 Å². The third-order valence-electron chi connectivity index (χ3n) is 1.89. The van der Waals surface area contributed by atoms with Crippen LogP contribution in [0.5, 0.6) is 0 Å². The van der Waals surface area contributed by atoms with Crippen molar-refractivity contribution < 1.29 is 24.1 Å². The fourth-order valence-electron chi connectivity index (χ4n) is 1.21. The largest absolute Gasteiger partial charge is 0.469 e. The van der Waals surface area contributed by atoms with E-state index >= 15 is 0 Å². The first-order valence-corrected chi connectivity index (χ1v) is 4.09. The van der Waals surface area contributed by atoms with Gasteiger partial charge in [0.25, 0.3) is 0 Å². The SMILES string of the molecule is COC(=O)CC1(C)OCC(CO)O1. The van der Waals surface area contributed by atoms with Crippen molar-refractivity contribution in [2.24, 2.45) is 0 Å². The van der Waals surface area contributed by atoms with Crippen LogP contribution in [0.3, 0.4) is 0 Å². The van der Waals surface area contributed by atoms with E-state index in [0.717, 1.165) is 0 Å². The number of carbonyl (C=O) groups is 1. The Labute approximate surface area is 76.6 Å². The predicted octanol–water partition coefficient (Wildman–Crippen LogP) is -0.327. The maximum atomic E-state index is 10.9. The molecule has 2 atom stereocenters. The summed E-state index contributed by atoms with van der Waals surface area (Å²) in [6.07, 6.45) is -0.297. The molecule has 76 valence electrons. The van der Waals surface area contributed by atoms with Crippen molar-refractivity contribution in [3.8, 4) is 0 Å². The lowest BCUT2D eigenvalue weighted by atomic mass is 10.2. The molecule has 1 rings (SSSR count). The molecule has 0 aromatic heterocycles. The molecule has 0 aromatic rings. The number of ether oxygens (including phenoxy) is 3. The zero-order valence-corrected chi connectivity index (χ0v) is 7.78. The molecule has 0 amide bonds. The minimum Gasteiger partial charge on any atom is -0.469 e. The first kappa shape index (κ1) is 10.4. The van der Waals surface area contributed by atoms with Crippen LogP contribution in [0, 0.1) is 0 Å². The monoisotopic (exact) mass is 190 g/mol. The Kier molecular flexibility index (Phi) is 3.24. The average Bonchev–Trinajstić information content (AvgIpc) is 2.47. The molecule has 1 saturated heterocycles. The van der Waals surface area contributed by atoms with E-state index in [-0.39, 0.29) is 25.1 Å². The molecule has 1 aliphatic heterocycles. The van der Waals surface area contributed by atoms with E-state index < -0.39 is 5.79 Å². The molecule has 1 fully saturated rings. The minimum absolute atomic E-state index is 0.0417. The van der Waals surface area contributed by atoms with Gasteiger partial charge in [-0.1, -0.05) is 0 Å². The van der Waals surface area contributed by atoms with Crippen LogP contribution in [0.25, 0.3) is 0 Å². The Morgan fingerprint density at radius 2 is 2.46 bits per heavy atom. The number of aliphatic hydroxyl groups excluding tert-OH is 1. The molecule has 0 aliphatic carbocycles. The molecule has 1 aliphatic rings. The lowest BCUT2D eigenvalue weighted by Crippen LogP contribution is -2.31. The quantitative estimate of drug-likeness (QED) is 0.617. The Bertz CT molecular complexity index is 193. The smallest absolute Gasteiger partial charge is 0.310 e. The second-order valence-corrected chi connectivity index (χ2v) is 3.12. The van der Waals surface area contributed by atoms with Gasteiger partial charge >= 0.3 is 5.97 Å².